The summed E-state index contributed by atoms with van der Waals surface area (Å²) in [6.45, 7) is 27.4. The van der Waals surface area contributed by atoms with E-state index in [1.54, 1.807) is 47.7 Å². The van der Waals surface area contributed by atoms with Gasteiger partial charge in [-0.15, -0.1) is 0 Å². The van der Waals surface area contributed by atoms with E-state index in [-0.39, 0.29) is 31.6 Å². The molecule has 0 aromatic heterocycles. The Morgan fingerprint density at radius 2 is 1.69 bits per heavy atom. The zero-order valence-electron chi connectivity index (χ0n) is 47.6. The summed E-state index contributed by atoms with van der Waals surface area (Å²) in [5, 5.41) is 11.7. The van der Waals surface area contributed by atoms with Gasteiger partial charge in [-0.05, 0) is 152 Å². The average Bonchev–Trinajstić information content (AvgIpc) is 3.19. The molecule has 2 unspecified atom stereocenters. The fourth-order valence-corrected chi connectivity index (χ4v) is 9.78. The lowest BCUT2D eigenvalue weighted by molar-refractivity contribution is -0.227. The topological polar surface area (TPSA) is 111 Å². The summed E-state index contributed by atoms with van der Waals surface area (Å²) in [5.41, 5.74) is 7.92. The summed E-state index contributed by atoms with van der Waals surface area (Å²) >= 11 is 0. The van der Waals surface area contributed by atoms with Gasteiger partial charge in [0.25, 0.3) is 0 Å². The van der Waals surface area contributed by atoms with E-state index in [1.807, 2.05) is 13.8 Å². The summed E-state index contributed by atoms with van der Waals surface area (Å²) in [6, 6.07) is -4.52. The molecule has 7 nitrogen and oxygen atoms in total. The van der Waals surface area contributed by atoms with Crippen LogP contribution in [0.15, 0.2) is 49.0 Å². The van der Waals surface area contributed by atoms with Crippen molar-refractivity contribution in [1.82, 2.24) is 5.32 Å². The number of hydrogen-bond acceptors (Lipinski definition) is 6. The van der Waals surface area contributed by atoms with Gasteiger partial charge in [0.15, 0.2) is 6.61 Å². The van der Waals surface area contributed by atoms with Crippen LogP contribution in [0.2, 0.25) is 5.82 Å². The second-order valence-electron chi connectivity index (χ2n) is 19.5. The number of hydrogen-bond donors (Lipinski definition) is 3. The maximum Gasteiger partial charge on any atom is 0.422 e. The monoisotopic (exact) mass is 844 g/mol. The van der Waals surface area contributed by atoms with Crippen LogP contribution in [0.1, 0.15) is 153 Å². The highest BCUT2D eigenvalue weighted by atomic mass is 19.4. The van der Waals surface area contributed by atoms with Gasteiger partial charge in [0.2, 0.25) is 0 Å². The molecule has 8 aliphatic rings. The standard InChI is InChI=1S/C19H32B.C12H21NO2.C7H15NO.C5H5F3O2.C5H8/c1-10-14-6-12(18(14,3)4)7-15(10)19(5)13-8-16(19)11(2)17(20)9-13;1-9-5-7-10(8-6-9)13-11(14)15-12(2,3)4;1-5-2-3-6(8)4-7(5)9;1-2-4(9)10-3-5(6,7)8;1-4-5(2)3/h10-17,20H,6-9H2,1-5H3;5,10H,6-8H2,1-4H3,(H,13,14);5-7,9H,2-4,8H2,1H3;2H,1,3H2;4H,1-2H2,3H3/t10-,11-,12+,13+,14-,15?,16-,17-,19?;10-;5-,6-,7-;;/m001../s1/i20D;8D2,10D;3D2,6D;1D2,2D;. The molecule has 0 aromatic rings. The van der Waals surface area contributed by atoms with Gasteiger partial charge in [0.1, 0.15) is 5.60 Å². The first-order chi connectivity index (χ1) is 31.0. The molecule has 1 amide bonds. The van der Waals surface area contributed by atoms with Crippen LogP contribution in [0, 0.1) is 58.2 Å². The molecule has 0 heterocycles. The third kappa shape index (κ3) is 15.4. The highest BCUT2D eigenvalue weighted by Crippen LogP contribution is 2.74. The van der Waals surface area contributed by atoms with Crippen molar-refractivity contribution >= 4 is 19.9 Å². The van der Waals surface area contributed by atoms with Crippen molar-refractivity contribution in [2.24, 2.45) is 63.9 Å². The number of nitrogens with one attached hydrogen (secondary N) is 1. The predicted octanol–water partition coefficient (Wildman–Crippen LogP) is 11.2. The highest BCUT2D eigenvalue weighted by Gasteiger charge is 2.66. The number of nitrogens with two attached hydrogens (primary N) is 1. The second kappa shape index (κ2) is 22.0. The van der Waals surface area contributed by atoms with Gasteiger partial charge in [0.05, 0.1) is 19.4 Å². The molecule has 7 fully saturated rings. The number of allylic oxidation sites excluding steroid dienone is 3. The van der Waals surface area contributed by atoms with E-state index in [2.05, 4.69) is 57.8 Å². The van der Waals surface area contributed by atoms with Crippen molar-refractivity contribution in [3.63, 3.8) is 0 Å². The smallest absolute Gasteiger partial charge is 0.422 e. The minimum atomic E-state index is -4.67. The van der Waals surface area contributed by atoms with Crippen LogP contribution in [0.3, 0.4) is 0 Å². The number of amides is 1. The van der Waals surface area contributed by atoms with Gasteiger partial charge in [0, 0.05) is 24.9 Å². The molecule has 8 rings (SSSR count). The molecular formula is C48H81BF3N2O5. The van der Waals surface area contributed by atoms with E-state index in [1.165, 1.54) is 25.7 Å². The maximum atomic E-state index is 11.7. The molecule has 59 heavy (non-hydrogen) atoms. The summed E-state index contributed by atoms with van der Waals surface area (Å²) in [7, 11) is 1.76. The van der Waals surface area contributed by atoms with Crippen molar-refractivity contribution < 1.29 is 49.7 Å². The van der Waals surface area contributed by atoms with E-state index in [4.69, 9.17) is 24.1 Å². The fourth-order valence-electron chi connectivity index (χ4n) is 9.78. The van der Waals surface area contributed by atoms with Crippen LogP contribution in [-0.4, -0.2) is 62.8 Å². The van der Waals surface area contributed by atoms with Crippen molar-refractivity contribution in [2.75, 3.05) is 6.61 Å². The van der Waals surface area contributed by atoms with Gasteiger partial charge in [-0.25, -0.2) is 9.59 Å². The molecular weight excluding hydrogens is 752 g/mol. The van der Waals surface area contributed by atoms with Gasteiger partial charge in [-0.2, -0.15) is 13.2 Å². The first-order valence-electron chi connectivity index (χ1n) is 26.1. The van der Waals surface area contributed by atoms with Crippen LogP contribution in [0.25, 0.3) is 0 Å². The Bertz CT molecular complexity index is 1860. The molecule has 4 bridgehead atoms. The summed E-state index contributed by atoms with van der Waals surface area (Å²) in [6.07, 6.45) is 0.187. The van der Waals surface area contributed by atoms with Crippen LogP contribution in [-0.2, 0) is 14.3 Å². The largest absolute Gasteiger partial charge is 0.453 e. The Labute approximate surface area is 371 Å². The normalized spacial score (nSPS) is 42.7. The molecule has 337 valence electrons. The van der Waals surface area contributed by atoms with Crippen LogP contribution in [0.5, 0.6) is 0 Å². The maximum absolute atomic E-state index is 11.7. The van der Waals surface area contributed by atoms with Crippen molar-refractivity contribution in [2.45, 2.75) is 176 Å². The van der Waals surface area contributed by atoms with E-state index in [0.717, 1.165) is 52.6 Å². The average molecular weight is 844 g/mol. The van der Waals surface area contributed by atoms with E-state index in [9.17, 15) is 27.9 Å². The van der Waals surface area contributed by atoms with Crippen molar-refractivity contribution in [3.05, 3.63) is 49.0 Å². The quantitative estimate of drug-likeness (QED) is 0.0807. The highest BCUT2D eigenvalue weighted by molar-refractivity contribution is 6.12. The van der Waals surface area contributed by atoms with Gasteiger partial charge >= 0.3 is 18.2 Å². The number of carbonyl (C=O) groups excluding carboxylic acids is 2. The second-order valence-corrected chi connectivity index (χ2v) is 19.5. The number of carbonyl (C=O) groups is 2. The molecule has 0 saturated heterocycles. The number of fused-ring (bicyclic) bond motifs is 5. The predicted molar refractivity (Wildman–Crippen MR) is 237 cm³/mol. The third-order valence-electron chi connectivity index (χ3n) is 13.7. The lowest BCUT2D eigenvalue weighted by atomic mass is 9.32. The number of esters is 1. The van der Waals surface area contributed by atoms with Gasteiger partial charge in [-0.1, -0.05) is 96.8 Å². The zero-order chi connectivity index (χ0) is 53.8. The Balaban J connectivity index is 0.000000313. The fraction of sp³-hybridized carbons (Fsp3) is 0.792. The van der Waals surface area contributed by atoms with Crippen molar-refractivity contribution in [3.8, 4) is 0 Å². The number of ether oxygens (including phenoxy) is 2. The lowest BCUT2D eigenvalue weighted by Crippen LogP contribution is -2.65. The number of alkyl halides is 3. The Morgan fingerprint density at radius 3 is 2.17 bits per heavy atom. The molecule has 0 aromatic carbocycles. The third-order valence-corrected chi connectivity index (χ3v) is 13.7. The van der Waals surface area contributed by atoms with Crippen LogP contribution >= 0.6 is 0 Å². The Morgan fingerprint density at radius 1 is 1.10 bits per heavy atom. The molecule has 11 heteroatoms. The van der Waals surface area contributed by atoms with E-state index >= 15 is 0 Å². The van der Waals surface area contributed by atoms with Crippen molar-refractivity contribution in [1.29, 1.82) is 1.34 Å². The lowest BCUT2D eigenvalue weighted by Gasteiger charge is -2.72. The van der Waals surface area contributed by atoms with Crippen LogP contribution < -0.4 is 11.1 Å². The number of halogens is 3. The number of aliphatic hydroxyl groups is 1. The first kappa shape index (κ1) is 38.2. The van der Waals surface area contributed by atoms with E-state index in [0.29, 0.717) is 16.6 Å². The Hall–Kier alpha value is -2.53. The molecule has 13 atom stereocenters. The molecule has 7 saturated carbocycles. The molecule has 0 spiro atoms. The number of rotatable bonds is 6. The molecule has 8 aliphatic carbocycles. The van der Waals surface area contributed by atoms with E-state index < -0.39 is 73.9 Å². The Kier molecular flexibility index (Phi) is 14.2. The summed E-state index contributed by atoms with van der Waals surface area (Å²) < 4.78 is 117. The first-order valence-corrected chi connectivity index (χ1v) is 21.0. The van der Waals surface area contributed by atoms with Gasteiger partial charge < -0.3 is 25.6 Å². The number of aliphatic hydroxyl groups excluding tert-OH is 1. The minimum Gasteiger partial charge on any atom is -0.453 e. The number of alkyl carbamates (subject to hydrolysis) is 1. The summed E-state index contributed by atoms with van der Waals surface area (Å²) in [5.74, 6) is 5.26. The van der Waals surface area contributed by atoms with Gasteiger partial charge in [-0.3, -0.25) is 0 Å². The molecule has 4 N–H and O–H groups in total. The van der Waals surface area contributed by atoms with Crippen LogP contribution in [0.4, 0.5) is 18.0 Å². The minimum absolute atomic E-state index is 0.0150. The summed E-state index contributed by atoms with van der Waals surface area (Å²) in [4.78, 5) is 22.1. The SMILES string of the molecule is C=CC(=C)C.[2H]C([2H])=C([2H])C(=O)OCC(F)(F)F.[2H]C1([2H])CC(C)=CC[C@]1([2H])NC(=O)OC(C)(C)C.[2H]C1([2H])C[C@@H](C)[C@H](O)C[C@]1([2H])N.[2H][B][C@H]1C[C@H]2C[C@@H]([C@@H]1C)C2(C)C1C[C@H]2C[C@@H]([C@@H]1C)C2(C)C. The molecule has 0 aliphatic heterocycles. The zero-order valence-corrected chi connectivity index (χ0v) is 37.6. The molecule has 1 radical (unpaired) electrons.